The van der Waals surface area contributed by atoms with Gasteiger partial charge in [-0.2, -0.15) is 0 Å². The number of imide groups is 1. The molecule has 8 nitrogen and oxygen atoms in total. The van der Waals surface area contributed by atoms with E-state index in [1.807, 2.05) is 0 Å². The molecule has 172 valence electrons. The standard InChI is InChI=1S/C23H14F2N2O6S/c24-14-4-6-17(16(25)9-14)26-20(28)11-27-21(29)19(34-23(27)32)10-15-5-7-18(33-15)12-2-1-3-13(8-12)22(30)31/h1-10H,11H2,(H,26,28)(H,30,31). The van der Waals surface area contributed by atoms with Crippen LogP contribution in [-0.4, -0.2) is 39.6 Å². The molecule has 1 saturated heterocycles. The summed E-state index contributed by atoms with van der Waals surface area (Å²) in [5.74, 6) is -3.89. The van der Waals surface area contributed by atoms with E-state index in [2.05, 4.69) is 5.32 Å². The molecule has 0 unspecified atom stereocenters. The van der Waals surface area contributed by atoms with E-state index < -0.39 is 41.2 Å². The molecule has 3 aromatic rings. The number of hydrogen-bond donors (Lipinski definition) is 2. The van der Waals surface area contributed by atoms with Crippen molar-refractivity contribution in [1.29, 1.82) is 0 Å². The Morgan fingerprint density at radius 1 is 1.09 bits per heavy atom. The number of carbonyl (C=O) groups is 4. The van der Waals surface area contributed by atoms with Crippen LogP contribution < -0.4 is 5.32 Å². The highest BCUT2D eigenvalue weighted by atomic mass is 32.2. The number of hydrogen-bond acceptors (Lipinski definition) is 6. The molecule has 11 heteroatoms. The Kier molecular flexibility index (Phi) is 6.28. The number of carboxylic acid groups (broad SMARTS) is 1. The Balaban J connectivity index is 1.46. The molecule has 0 saturated carbocycles. The number of halogens is 2. The molecule has 2 heterocycles. The summed E-state index contributed by atoms with van der Waals surface area (Å²) in [6, 6.07) is 11.8. The minimum absolute atomic E-state index is 0.00551. The lowest BCUT2D eigenvalue weighted by molar-refractivity contribution is -0.127. The van der Waals surface area contributed by atoms with Crippen LogP contribution in [0.15, 0.2) is 63.9 Å². The quantitative estimate of drug-likeness (QED) is 0.491. The molecular formula is C23H14F2N2O6S. The van der Waals surface area contributed by atoms with Gasteiger partial charge in [-0.25, -0.2) is 13.6 Å². The molecule has 1 aliphatic heterocycles. The van der Waals surface area contributed by atoms with Gasteiger partial charge in [-0.3, -0.25) is 19.3 Å². The van der Waals surface area contributed by atoms with Crippen LogP contribution >= 0.6 is 11.8 Å². The summed E-state index contributed by atoms with van der Waals surface area (Å²) in [6.45, 7) is -0.662. The average Bonchev–Trinajstić information content (AvgIpc) is 3.36. The largest absolute Gasteiger partial charge is 0.478 e. The first kappa shape index (κ1) is 22.9. The predicted molar refractivity (Wildman–Crippen MR) is 119 cm³/mol. The first-order valence-electron chi connectivity index (χ1n) is 9.65. The number of rotatable bonds is 6. The smallest absolute Gasteiger partial charge is 0.335 e. The third-order valence-corrected chi connectivity index (χ3v) is 5.58. The van der Waals surface area contributed by atoms with Crippen molar-refractivity contribution in [3.63, 3.8) is 0 Å². The van der Waals surface area contributed by atoms with Crippen LogP contribution in [0, 0.1) is 11.6 Å². The second-order valence-electron chi connectivity index (χ2n) is 7.03. The Bertz CT molecular complexity index is 1370. The summed E-state index contributed by atoms with van der Waals surface area (Å²) < 4.78 is 32.4. The van der Waals surface area contributed by atoms with E-state index in [0.717, 1.165) is 12.1 Å². The third kappa shape index (κ3) is 4.89. The molecular weight excluding hydrogens is 470 g/mol. The van der Waals surface area contributed by atoms with Gasteiger partial charge in [0.1, 0.15) is 29.7 Å². The lowest BCUT2D eigenvalue weighted by atomic mass is 10.1. The van der Waals surface area contributed by atoms with E-state index in [0.29, 0.717) is 34.1 Å². The van der Waals surface area contributed by atoms with Gasteiger partial charge in [0.05, 0.1) is 16.2 Å². The molecule has 1 fully saturated rings. The number of nitrogens with one attached hydrogen (secondary N) is 1. The van der Waals surface area contributed by atoms with E-state index >= 15 is 0 Å². The molecule has 3 amide bonds. The Hall–Kier alpha value is -4.25. The highest BCUT2D eigenvalue weighted by molar-refractivity contribution is 8.18. The lowest BCUT2D eigenvalue weighted by Crippen LogP contribution is -2.36. The van der Waals surface area contributed by atoms with Crippen molar-refractivity contribution in [3.8, 4) is 11.3 Å². The molecule has 1 aliphatic rings. The SMILES string of the molecule is O=C(CN1C(=O)SC(=Cc2ccc(-c3cccc(C(=O)O)c3)o2)C1=O)Nc1ccc(F)cc1F. The highest BCUT2D eigenvalue weighted by Crippen LogP contribution is 2.33. The fraction of sp³-hybridized carbons (Fsp3) is 0.0435. The third-order valence-electron chi connectivity index (χ3n) is 4.67. The second-order valence-corrected chi connectivity index (χ2v) is 8.02. The normalized spacial score (nSPS) is 14.6. The molecule has 0 bridgehead atoms. The van der Waals surface area contributed by atoms with Crippen molar-refractivity contribution in [2.75, 3.05) is 11.9 Å². The van der Waals surface area contributed by atoms with Gasteiger partial charge in [-0.1, -0.05) is 12.1 Å². The zero-order valence-corrected chi connectivity index (χ0v) is 17.9. The number of carboxylic acids is 1. The van der Waals surface area contributed by atoms with Crippen molar-refractivity contribution in [3.05, 3.63) is 82.5 Å². The van der Waals surface area contributed by atoms with Crippen LogP contribution in [0.2, 0.25) is 0 Å². The van der Waals surface area contributed by atoms with Crippen molar-refractivity contribution in [2.45, 2.75) is 0 Å². The fourth-order valence-electron chi connectivity index (χ4n) is 3.08. The summed E-state index contributed by atoms with van der Waals surface area (Å²) in [5.41, 5.74) is 0.303. The number of nitrogens with zero attached hydrogens (tertiary/aromatic N) is 1. The van der Waals surface area contributed by atoms with Crippen LogP contribution in [0.5, 0.6) is 0 Å². The van der Waals surface area contributed by atoms with E-state index in [9.17, 15) is 28.0 Å². The fourth-order valence-corrected chi connectivity index (χ4v) is 3.90. The van der Waals surface area contributed by atoms with Gasteiger partial charge >= 0.3 is 5.97 Å². The number of amides is 3. The predicted octanol–water partition coefficient (Wildman–Crippen LogP) is 4.60. The number of benzene rings is 2. The summed E-state index contributed by atoms with van der Waals surface area (Å²) >= 11 is 0.599. The minimum atomic E-state index is -1.09. The number of thioether (sulfide) groups is 1. The molecule has 0 radical (unpaired) electrons. The van der Waals surface area contributed by atoms with Crippen molar-refractivity contribution < 1.29 is 37.5 Å². The lowest BCUT2D eigenvalue weighted by Gasteiger charge is -2.12. The van der Waals surface area contributed by atoms with E-state index in [1.54, 1.807) is 24.3 Å². The monoisotopic (exact) mass is 484 g/mol. The molecule has 34 heavy (non-hydrogen) atoms. The molecule has 2 N–H and O–H groups in total. The van der Waals surface area contributed by atoms with Crippen LogP contribution in [0.4, 0.5) is 19.3 Å². The Labute approximate surface area is 194 Å². The number of aromatic carboxylic acids is 1. The summed E-state index contributed by atoms with van der Waals surface area (Å²) in [4.78, 5) is 48.9. The Morgan fingerprint density at radius 2 is 1.88 bits per heavy atom. The van der Waals surface area contributed by atoms with E-state index in [-0.39, 0.29) is 21.9 Å². The van der Waals surface area contributed by atoms with Crippen molar-refractivity contribution >= 4 is 46.5 Å². The van der Waals surface area contributed by atoms with Gasteiger partial charge in [0.25, 0.3) is 11.1 Å². The van der Waals surface area contributed by atoms with Gasteiger partial charge in [0, 0.05) is 17.7 Å². The van der Waals surface area contributed by atoms with Gasteiger partial charge < -0.3 is 14.8 Å². The zero-order chi connectivity index (χ0) is 24.4. The summed E-state index contributed by atoms with van der Waals surface area (Å²) in [5, 5.41) is 10.6. The van der Waals surface area contributed by atoms with Crippen LogP contribution in [0.25, 0.3) is 17.4 Å². The molecule has 4 rings (SSSR count). The Morgan fingerprint density at radius 3 is 2.62 bits per heavy atom. The summed E-state index contributed by atoms with van der Waals surface area (Å²) in [6.07, 6.45) is 1.33. The van der Waals surface area contributed by atoms with E-state index in [4.69, 9.17) is 9.52 Å². The van der Waals surface area contributed by atoms with Crippen LogP contribution in [0.1, 0.15) is 16.1 Å². The maximum absolute atomic E-state index is 13.7. The highest BCUT2D eigenvalue weighted by Gasteiger charge is 2.36. The van der Waals surface area contributed by atoms with Crippen molar-refractivity contribution in [1.82, 2.24) is 4.90 Å². The van der Waals surface area contributed by atoms with E-state index in [1.165, 1.54) is 18.2 Å². The van der Waals surface area contributed by atoms with Crippen molar-refractivity contribution in [2.24, 2.45) is 0 Å². The van der Waals surface area contributed by atoms with Gasteiger partial charge in [0.2, 0.25) is 5.91 Å². The zero-order valence-electron chi connectivity index (χ0n) is 17.1. The maximum atomic E-state index is 13.7. The first-order valence-corrected chi connectivity index (χ1v) is 10.5. The average molecular weight is 484 g/mol. The minimum Gasteiger partial charge on any atom is -0.478 e. The topological polar surface area (TPSA) is 117 Å². The van der Waals surface area contributed by atoms with Gasteiger partial charge in [-0.05, 0) is 48.2 Å². The second kappa shape index (κ2) is 9.32. The number of carbonyl (C=O) groups excluding carboxylic acids is 3. The molecule has 1 aromatic heterocycles. The number of furan rings is 1. The molecule has 0 atom stereocenters. The number of anilines is 1. The van der Waals surface area contributed by atoms with Gasteiger partial charge in [-0.15, -0.1) is 0 Å². The molecule has 0 aliphatic carbocycles. The summed E-state index contributed by atoms with van der Waals surface area (Å²) in [7, 11) is 0. The first-order chi connectivity index (χ1) is 16.2. The molecule has 2 aromatic carbocycles. The van der Waals surface area contributed by atoms with Crippen LogP contribution in [0.3, 0.4) is 0 Å². The molecule has 0 spiro atoms. The van der Waals surface area contributed by atoms with Gasteiger partial charge in [0.15, 0.2) is 0 Å². The maximum Gasteiger partial charge on any atom is 0.335 e. The van der Waals surface area contributed by atoms with Crippen LogP contribution in [-0.2, 0) is 9.59 Å².